The zero-order valence-electron chi connectivity index (χ0n) is 22.4. The highest BCUT2D eigenvalue weighted by Gasteiger charge is 2.25. The predicted molar refractivity (Wildman–Crippen MR) is 158 cm³/mol. The molecule has 0 atom stereocenters. The minimum absolute atomic E-state index is 0.0339. The number of anilines is 2. The van der Waals surface area contributed by atoms with E-state index in [9.17, 15) is 13.6 Å². The van der Waals surface area contributed by atoms with E-state index in [0.29, 0.717) is 28.0 Å². The number of aromatic nitrogens is 1. The van der Waals surface area contributed by atoms with Gasteiger partial charge in [-0.1, -0.05) is 23.7 Å². The molecule has 0 aliphatic carbocycles. The molecule has 3 aromatic carbocycles. The van der Waals surface area contributed by atoms with E-state index in [4.69, 9.17) is 11.6 Å². The van der Waals surface area contributed by atoms with E-state index in [-0.39, 0.29) is 23.7 Å². The van der Waals surface area contributed by atoms with Gasteiger partial charge in [-0.15, -0.1) is 0 Å². The largest absolute Gasteiger partial charge is 0.340 e. The number of piperidine rings is 1. The van der Waals surface area contributed by atoms with Crippen LogP contribution in [0.15, 0.2) is 77.9 Å². The maximum atomic E-state index is 14.8. The molecule has 1 fully saturated rings. The molecule has 0 bridgehead atoms. The summed E-state index contributed by atoms with van der Waals surface area (Å²) in [6, 6.07) is 18.7. The highest BCUT2D eigenvalue weighted by molar-refractivity contribution is 6.31. The normalized spacial score (nSPS) is 15.0. The molecule has 2 aliphatic heterocycles. The van der Waals surface area contributed by atoms with Gasteiger partial charge in [0.25, 0.3) is 5.91 Å². The van der Waals surface area contributed by atoms with Crippen molar-refractivity contribution in [2.24, 2.45) is 4.99 Å². The van der Waals surface area contributed by atoms with Crippen molar-refractivity contribution < 1.29 is 13.6 Å². The van der Waals surface area contributed by atoms with Crippen LogP contribution < -0.4 is 10.6 Å². The van der Waals surface area contributed by atoms with Gasteiger partial charge in [0, 0.05) is 47.2 Å². The second kappa shape index (κ2) is 11.4. The number of nitrogens with zero attached hydrogens (tertiary/aromatic N) is 3. The summed E-state index contributed by atoms with van der Waals surface area (Å²) in [6.45, 7) is 1.68. The summed E-state index contributed by atoms with van der Waals surface area (Å²) in [5, 5.41) is 7.03. The Morgan fingerprint density at radius 2 is 1.68 bits per heavy atom. The summed E-state index contributed by atoms with van der Waals surface area (Å²) in [4.78, 5) is 24.0. The zero-order valence-corrected chi connectivity index (χ0v) is 23.2. The van der Waals surface area contributed by atoms with Gasteiger partial charge in [-0.2, -0.15) is 0 Å². The SMILES string of the molecule is CNC1CCN(C(=O)c2ccc(Nc3cc4c(cn3)CN=C(c3c(F)cccc3F)c3cc(Cl)ccc3-4)cc2)CC1. The van der Waals surface area contributed by atoms with Gasteiger partial charge in [-0.25, -0.2) is 13.8 Å². The van der Waals surface area contributed by atoms with Crippen molar-refractivity contribution in [3.05, 3.63) is 112 Å². The Labute approximate surface area is 242 Å². The molecule has 0 spiro atoms. The molecule has 2 N–H and O–H groups in total. The molecule has 208 valence electrons. The minimum atomic E-state index is -0.689. The summed E-state index contributed by atoms with van der Waals surface area (Å²) in [5.74, 6) is -0.763. The lowest BCUT2D eigenvalue weighted by Crippen LogP contribution is -2.43. The Hall–Kier alpha value is -4.14. The number of halogens is 3. The van der Waals surface area contributed by atoms with Crippen molar-refractivity contribution in [3.63, 3.8) is 0 Å². The fraction of sp³-hybridized carbons (Fsp3) is 0.219. The van der Waals surface area contributed by atoms with Crippen LogP contribution in [-0.2, 0) is 6.54 Å². The van der Waals surface area contributed by atoms with Gasteiger partial charge in [0.2, 0.25) is 0 Å². The lowest BCUT2D eigenvalue weighted by molar-refractivity contribution is 0.0707. The maximum absolute atomic E-state index is 14.8. The highest BCUT2D eigenvalue weighted by Crippen LogP contribution is 2.36. The van der Waals surface area contributed by atoms with Gasteiger partial charge in [0.1, 0.15) is 17.5 Å². The van der Waals surface area contributed by atoms with Gasteiger partial charge in [0.05, 0.1) is 17.8 Å². The first-order chi connectivity index (χ1) is 19.9. The van der Waals surface area contributed by atoms with E-state index in [0.717, 1.165) is 48.3 Å². The standard InChI is InChI=1S/C32H28ClF2N5O/c1-36-22-11-13-40(14-12-22)32(41)19-5-8-23(9-6-19)39-29-16-25-20(17-37-29)18-38-31(26-15-21(33)7-10-24(25)26)30-27(34)3-2-4-28(30)35/h2-10,15-17,22,36H,11-14,18H2,1H3,(H,37,39). The van der Waals surface area contributed by atoms with E-state index in [1.807, 2.05) is 48.3 Å². The van der Waals surface area contributed by atoms with Crippen molar-refractivity contribution in [2.75, 3.05) is 25.5 Å². The van der Waals surface area contributed by atoms with Crippen molar-refractivity contribution >= 4 is 34.7 Å². The van der Waals surface area contributed by atoms with Crippen LogP contribution in [0.4, 0.5) is 20.3 Å². The second-order valence-electron chi connectivity index (χ2n) is 10.2. The molecule has 1 aromatic heterocycles. The molecular formula is C32H28ClF2N5O. The number of nitrogens with one attached hydrogen (secondary N) is 2. The Balaban J connectivity index is 1.27. The molecule has 0 unspecified atom stereocenters. The van der Waals surface area contributed by atoms with E-state index in [1.54, 1.807) is 18.3 Å². The summed E-state index contributed by atoms with van der Waals surface area (Å²) >= 11 is 6.33. The van der Waals surface area contributed by atoms with Crippen molar-refractivity contribution in [3.8, 4) is 11.1 Å². The van der Waals surface area contributed by atoms with E-state index < -0.39 is 11.6 Å². The topological polar surface area (TPSA) is 69.6 Å². The van der Waals surface area contributed by atoms with Crippen LogP contribution in [0.25, 0.3) is 11.1 Å². The van der Waals surface area contributed by atoms with E-state index in [1.165, 1.54) is 18.2 Å². The minimum Gasteiger partial charge on any atom is -0.340 e. The van der Waals surface area contributed by atoms with Crippen molar-refractivity contribution in [2.45, 2.75) is 25.4 Å². The van der Waals surface area contributed by atoms with Gasteiger partial charge >= 0.3 is 0 Å². The number of fused-ring (bicyclic) bond motifs is 3. The van der Waals surface area contributed by atoms with Gasteiger partial charge in [-0.05, 0) is 91.2 Å². The van der Waals surface area contributed by atoms with Crippen LogP contribution in [0.1, 0.15) is 39.9 Å². The third-order valence-electron chi connectivity index (χ3n) is 7.72. The van der Waals surface area contributed by atoms with Crippen LogP contribution in [0.2, 0.25) is 5.02 Å². The lowest BCUT2D eigenvalue weighted by atomic mass is 9.92. The Morgan fingerprint density at radius 3 is 2.39 bits per heavy atom. The molecular weight excluding hydrogens is 544 g/mol. The molecule has 2 aliphatic rings. The summed E-state index contributed by atoms with van der Waals surface area (Å²) in [5.41, 5.74) is 4.38. The smallest absolute Gasteiger partial charge is 0.253 e. The first kappa shape index (κ1) is 27.1. The Bertz CT molecular complexity index is 1630. The third kappa shape index (κ3) is 5.45. The van der Waals surface area contributed by atoms with Gasteiger partial charge in [0.15, 0.2) is 0 Å². The zero-order chi connectivity index (χ0) is 28.5. The molecule has 0 saturated carbocycles. The number of carbonyl (C=O) groups excluding carboxylic acids is 1. The number of benzene rings is 3. The van der Waals surface area contributed by atoms with Crippen LogP contribution >= 0.6 is 11.6 Å². The molecule has 41 heavy (non-hydrogen) atoms. The molecule has 1 amide bonds. The number of hydrogen-bond acceptors (Lipinski definition) is 5. The quantitative estimate of drug-likeness (QED) is 0.283. The van der Waals surface area contributed by atoms with Crippen LogP contribution in [0.3, 0.4) is 0 Å². The third-order valence-corrected chi connectivity index (χ3v) is 7.95. The van der Waals surface area contributed by atoms with Crippen LogP contribution in [0.5, 0.6) is 0 Å². The maximum Gasteiger partial charge on any atom is 0.253 e. The van der Waals surface area contributed by atoms with Crippen molar-refractivity contribution in [1.82, 2.24) is 15.2 Å². The van der Waals surface area contributed by atoms with Crippen molar-refractivity contribution in [1.29, 1.82) is 0 Å². The number of pyridine rings is 1. The van der Waals surface area contributed by atoms with Crippen LogP contribution in [0, 0.1) is 11.6 Å². The monoisotopic (exact) mass is 571 g/mol. The molecule has 0 radical (unpaired) electrons. The summed E-state index contributed by atoms with van der Waals surface area (Å²) in [7, 11) is 1.96. The van der Waals surface area contributed by atoms with Gasteiger partial charge < -0.3 is 15.5 Å². The average molecular weight is 572 g/mol. The fourth-order valence-corrected chi connectivity index (χ4v) is 5.63. The second-order valence-corrected chi connectivity index (χ2v) is 10.7. The molecule has 6 nitrogen and oxygen atoms in total. The first-order valence-electron chi connectivity index (χ1n) is 13.5. The molecule has 9 heteroatoms. The number of amides is 1. The van der Waals surface area contributed by atoms with E-state index in [2.05, 4.69) is 20.6 Å². The number of hydrogen-bond donors (Lipinski definition) is 2. The lowest BCUT2D eigenvalue weighted by Gasteiger charge is -2.31. The Morgan fingerprint density at radius 1 is 0.951 bits per heavy atom. The number of aliphatic imine (C=N–C) groups is 1. The van der Waals surface area contributed by atoms with Gasteiger partial charge in [-0.3, -0.25) is 9.79 Å². The fourth-order valence-electron chi connectivity index (χ4n) is 5.46. The summed E-state index contributed by atoms with van der Waals surface area (Å²) < 4.78 is 29.6. The Kier molecular flexibility index (Phi) is 7.51. The molecule has 3 heterocycles. The number of likely N-dealkylation sites (tertiary alicyclic amines) is 1. The van der Waals surface area contributed by atoms with Crippen LogP contribution in [-0.4, -0.2) is 47.7 Å². The molecule has 1 saturated heterocycles. The van der Waals surface area contributed by atoms with E-state index >= 15 is 0 Å². The number of rotatable bonds is 5. The first-order valence-corrected chi connectivity index (χ1v) is 13.9. The number of carbonyl (C=O) groups is 1. The molecule has 6 rings (SSSR count). The average Bonchev–Trinajstić information content (AvgIpc) is 3.14. The molecule has 4 aromatic rings. The summed E-state index contributed by atoms with van der Waals surface area (Å²) in [6.07, 6.45) is 3.61. The predicted octanol–water partition coefficient (Wildman–Crippen LogP) is 6.60. The highest BCUT2D eigenvalue weighted by atomic mass is 35.5.